The minimum Gasteiger partial charge on any atom is -0.420 e. The Labute approximate surface area is 288 Å². The Kier molecular flexibility index (Phi) is 40.7. The molecule has 16 heteroatoms. The molecule has 284 valence electrons. The van der Waals surface area contributed by atoms with Crippen molar-refractivity contribution in [1.82, 2.24) is 0 Å². The molecule has 0 aliphatic carbocycles. The van der Waals surface area contributed by atoms with E-state index in [0.29, 0.717) is 39.6 Å². The first kappa shape index (κ1) is 53.2. The Morgan fingerprint density at radius 2 is 0.717 bits per heavy atom. The summed E-state index contributed by atoms with van der Waals surface area (Å²) in [7, 11) is 7.34. The van der Waals surface area contributed by atoms with Gasteiger partial charge in [-0.2, -0.15) is 0 Å². The lowest BCUT2D eigenvalue weighted by Gasteiger charge is -2.19. The van der Waals surface area contributed by atoms with Gasteiger partial charge in [-0.05, 0) is 77.3 Å². The second-order valence-electron chi connectivity index (χ2n) is 12.2. The van der Waals surface area contributed by atoms with Crippen LogP contribution in [0.2, 0.25) is 64.5 Å². The lowest BCUT2D eigenvalue weighted by Crippen LogP contribution is -2.34. The van der Waals surface area contributed by atoms with E-state index < -0.39 is 33.8 Å². The summed E-state index contributed by atoms with van der Waals surface area (Å²) in [5.74, 6) is 0. The lowest BCUT2D eigenvalue weighted by atomic mass is 10.5. The SMILES string of the molecule is COCCCO[Si](C)(C)OC.COCCOCCC[Si](C)(C)OC.COCCOCC[Si](C)(C)OC.COCCO[Si](C)(C)OC. The maximum Gasteiger partial charge on any atom is 0.331 e. The van der Waals surface area contributed by atoms with Gasteiger partial charge in [0, 0.05) is 83.3 Å². The molecular weight excluding hydrogens is 665 g/mol. The highest BCUT2D eigenvalue weighted by molar-refractivity contribution is 6.71. The fourth-order valence-corrected chi connectivity index (χ4v) is 6.11. The van der Waals surface area contributed by atoms with E-state index in [1.54, 1.807) is 56.9 Å². The molecule has 0 fully saturated rings. The first-order chi connectivity index (χ1) is 21.5. The summed E-state index contributed by atoms with van der Waals surface area (Å²) >= 11 is 0. The van der Waals surface area contributed by atoms with Gasteiger partial charge in [-0.15, -0.1) is 0 Å². The van der Waals surface area contributed by atoms with Crippen molar-refractivity contribution in [2.75, 3.05) is 123 Å². The van der Waals surface area contributed by atoms with E-state index in [1.165, 1.54) is 0 Å². The predicted octanol–water partition coefficient (Wildman–Crippen LogP) is 5.78. The van der Waals surface area contributed by atoms with Crippen molar-refractivity contribution >= 4 is 33.8 Å². The summed E-state index contributed by atoms with van der Waals surface area (Å²) in [5, 5.41) is 0. The first-order valence-corrected chi connectivity index (χ1v) is 27.9. The Morgan fingerprint density at radius 3 is 1.13 bits per heavy atom. The highest BCUT2D eigenvalue weighted by Crippen LogP contribution is 2.12. The van der Waals surface area contributed by atoms with Crippen LogP contribution in [0.3, 0.4) is 0 Å². The van der Waals surface area contributed by atoms with Crippen LogP contribution in [-0.4, -0.2) is 157 Å². The zero-order chi connectivity index (χ0) is 36.4. The molecule has 0 radical (unpaired) electrons. The summed E-state index contributed by atoms with van der Waals surface area (Å²) in [6.07, 6.45) is 2.03. The van der Waals surface area contributed by atoms with Gasteiger partial charge in [0.15, 0.2) is 16.6 Å². The van der Waals surface area contributed by atoms with Gasteiger partial charge in [0.1, 0.15) is 0 Å². The average Bonchev–Trinajstić information content (AvgIpc) is 3.02. The summed E-state index contributed by atoms with van der Waals surface area (Å²) in [5.41, 5.74) is 0. The molecule has 0 aliphatic heterocycles. The third kappa shape index (κ3) is 46.5. The Hall–Kier alpha value is 0.388. The van der Waals surface area contributed by atoms with E-state index >= 15 is 0 Å². The van der Waals surface area contributed by atoms with Gasteiger partial charge in [0.2, 0.25) is 0 Å². The van der Waals surface area contributed by atoms with E-state index in [9.17, 15) is 0 Å². The van der Waals surface area contributed by atoms with Crippen LogP contribution < -0.4 is 0 Å². The van der Waals surface area contributed by atoms with Crippen molar-refractivity contribution in [1.29, 1.82) is 0 Å². The lowest BCUT2D eigenvalue weighted by molar-refractivity contribution is 0.0706. The van der Waals surface area contributed by atoms with Crippen LogP contribution in [0.15, 0.2) is 0 Å². The van der Waals surface area contributed by atoms with Gasteiger partial charge in [0.05, 0.1) is 39.6 Å². The molecule has 0 saturated carbocycles. The van der Waals surface area contributed by atoms with Crippen molar-refractivity contribution in [3.8, 4) is 0 Å². The second-order valence-corrected chi connectivity index (χ2v) is 28.1. The highest BCUT2D eigenvalue weighted by Gasteiger charge is 2.22. The van der Waals surface area contributed by atoms with E-state index in [1.807, 2.05) is 26.2 Å². The summed E-state index contributed by atoms with van der Waals surface area (Å²) in [6, 6.07) is 2.21. The quantitative estimate of drug-likeness (QED) is 0.0793. The molecule has 0 aromatic rings. The highest BCUT2D eigenvalue weighted by atomic mass is 28.4. The van der Waals surface area contributed by atoms with Crippen LogP contribution >= 0.6 is 0 Å². The number of rotatable bonds is 26. The monoisotopic (exact) mass is 740 g/mol. The Balaban J connectivity index is -0.000000257. The molecular formula is C30H76O12Si4. The zero-order valence-corrected chi connectivity index (χ0v) is 36.8. The van der Waals surface area contributed by atoms with Gasteiger partial charge in [0.25, 0.3) is 0 Å². The van der Waals surface area contributed by atoms with Crippen LogP contribution in [0.25, 0.3) is 0 Å². The molecule has 0 atom stereocenters. The molecule has 0 amide bonds. The third-order valence-electron chi connectivity index (χ3n) is 6.55. The third-order valence-corrected chi connectivity index (χ3v) is 15.5. The topological polar surface area (TPSA) is 111 Å². The normalized spacial score (nSPS) is 12.0. The minimum atomic E-state index is -1.79. The molecule has 0 heterocycles. The molecule has 0 bridgehead atoms. The van der Waals surface area contributed by atoms with Gasteiger partial charge in [-0.3, -0.25) is 0 Å². The second kappa shape index (κ2) is 35.2. The van der Waals surface area contributed by atoms with Crippen molar-refractivity contribution in [2.24, 2.45) is 0 Å². The van der Waals surface area contributed by atoms with Gasteiger partial charge in [-0.1, -0.05) is 0 Å². The van der Waals surface area contributed by atoms with Gasteiger partial charge in [-0.25, -0.2) is 0 Å². The van der Waals surface area contributed by atoms with E-state index in [2.05, 4.69) is 26.2 Å². The van der Waals surface area contributed by atoms with Gasteiger partial charge >= 0.3 is 17.1 Å². The molecule has 0 unspecified atom stereocenters. The number of ether oxygens (including phenoxy) is 6. The average molecular weight is 741 g/mol. The van der Waals surface area contributed by atoms with Crippen LogP contribution in [0.5, 0.6) is 0 Å². The molecule has 12 nitrogen and oxygen atoms in total. The summed E-state index contributed by atoms with van der Waals surface area (Å²) in [6.45, 7) is 24.0. The Bertz CT molecular complexity index is 604. The van der Waals surface area contributed by atoms with E-state index in [4.69, 9.17) is 55.0 Å². The molecule has 0 aromatic heterocycles. The van der Waals surface area contributed by atoms with Crippen LogP contribution in [0.1, 0.15) is 12.8 Å². The smallest absolute Gasteiger partial charge is 0.331 e. The maximum absolute atomic E-state index is 5.52. The van der Waals surface area contributed by atoms with Crippen molar-refractivity contribution < 1.29 is 55.0 Å². The molecule has 0 N–H and O–H groups in total. The van der Waals surface area contributed by atoms with Crippen molar-refractivity contribution in [3.05, 3.63) is 0 Å². The summed E-state index contributed by atoms with van der Waals surface area (Å²) < 4.78 is 62.2. The summed E-state index contributed by atoms with van der Waals surface area (Å²) in [4.78, 5) is 0. The molecule has 0 aliphatic rings. The largest absolute Gasteiger partial charge is 0.420 e. The van der Waals surface area contributed by atoms with Crippen LogP contribution in [0.4, 0.5) is 0 Å². The van der Waals surface area contributed by atoms with Crippen LogP contribution in [0, 0.1) is 0 Å². The van der Waals surface area contributed by atoms with E-state index in [0.717, 1.165) is 51.4 Å². The Morgan fingerprint density at radius 1 is 0.326 bits per heavy atom. The first-order valence-electron chi connectivity index (χ1n) is 16.1. The molecule has 0 spiro atoms. The standard InChI is InChI=1S/C9H22O3Si.C8H20O3Si.C7H18O3Si.C6H16O3Si/c1-10-7-8-12-6-5-9-13(3,4)11-2;1-9-5-6-11-7-8-12(3,4)10-2;1-8-6-5-7-10-11(3,4)9-2;1-7-5-6-9-10(3,4)8-2/h5-9H2,1-4H3;5-8H2,1-4H3;5-7H2,1-4H3;5-6H2,1-4H3. The molecule has 0 aromatic carbocycles. The number of methoxy groups -OCH3 is 4. The molecule has 0 rings (SSSR count). The molecule has 46 heavy (non-hydrogen) atoms. The number of hydrogen-bond acceptors (Lipinski definition) is 12. The fourth-order valence-electron chi connectivity index (χ4n) is 2.62. The molecule has 0 saturated heterocycles. The van der Waals surface area contributed by atoms with Gasteiger partial charge < -0.3 is 55.0 Å². The van der Waals surface area contributed by atoms with Crippen LogP contribution in [-0.2, 0) is 55.0 Å². The number of hydrogen-bond donors (Lipinski definition) is 0. The van der Waals surface area contributed by atoms with E-state index in [-0.39, 0.29) is 0 Å². The van der Waals surface area contributed by atoms with Crippen molar-refractivity contribution in [3.63, 3.8) is 0 Å². The predicted molar refractivity (Wildman–Crippen MR) is 198 cm³/mol. The zero-order valence-electron chi connectivity index (χ0n) is 32.8. The minimum absolute atomic E-state index is 0.629. The fraction of sp³-hybridized carbons (Fsp3) is 1.00. The van der Waals surface area contributed by atoms with Crippen molar-refractivity contribution in [2.45, 2.75) is 77.3 Å². The maximum atomic E-state index is 5.52.